The predicted octanol–water partition coefficient (Wildman–Crippen LogP) is 5.77. The van der Waals surface area contributed by atoms with Crippen molar-refractivity contribution in [2.24, 2.45) is 0 Å². The molecule has 0 saturated carbocycles. The van der Waals surface area contributed by atoms with Crippen molar-refractivity contribution in [2.75, 3.05) is 13.3 Å². The normalized spacial score (nSPS) is 13.0. The molecule has 0 unspecified atom stereocenters. The van der Waals surface area contributed by atoms with Crippen LogP contribution in [-0.4, -0.2) is 21.6 Å². The van der Waals surface area contributed by atoms with Crippen LogP contribution in [0.4, 0.5) is 0 Å². The van der Waals surface area contributed by atoms with Gasteiger partial charge in [-0.3, -0.25) is 4.57 Å². The summed E-state index contributed by atoms with van der Waals surface area (Å²) >= 11 is 0. The van der Waals surface area contributed by atoms with Gasteiger partial charge < -0.3 is 8.95 Å². The third-order valence-corrected chi connectivity index (χ3v) is 9.15. The van der Waals surface area contributed by atoms with E-state index < -0.39 is 15.7 Å². The standard InChI is InChI=1S/C17H29O3PSi/c1-9-14-10-11-16(20-21(5,6)18)15(12-14)13-19-22(7,8)17(2,3)4/h9-12H,1,13H2,2-8H3. The second-order valence-electron chi connectivity index (χ2n) is 7.46. The second kappa shape index (κ2) is 6.73. The van der Waals surface area contributed by atoms with Gasteiger partial charge in [0.2, 0.25) is 7.37 Å². The van der Waals surface area contributed by atoms with Crippen molar-refractivity contribution >= 4 is 21.8 Å². The Labute approximate surface area is 136 Å². The Morgan fingerprint density at radius 3 is 2.32 bits per heavy atom. The molecule has 22 heavy (non-hydrogen) atoms. The first-order valence-corrected chi connectivity index (χ1v) is 12.9. The zero-order valence-corrected chi connectivity index (χ0v) is 16.8. The second-order valence-corrected chi connectivity index (χ2v) is 15.0. The van der Waals surface area contributed by atoms with Gasteiger partial charge in [-0.05, 0) is 35.8 Å². The Hall–Kier alpha value is -0.833. The van der Waals surface area contributed by atoms with Crippen LogP contribution in [0.2, 0.25) is 18.1 Å². The molecule has 1 aromatic carbocycles. The highest BCUT2D eigenvalue weighted by molar-refractivity contribution is 7.57. The molecule has 0 N–H and O–H groups in total. The zero-order valence-electron chi connectivity index (χ0n) is 14.9. The van der Waals surface area contributed by atoms with Gasteiger partial charge in [0.1, 0.15) is 5.75 Å². The average molecular weight is 340 g/mol. The van der Waals surface area contributed by atoms with E-state index in [1.54, 1.807) is 19.4 Å². The van der Waals surface area contributed by atoms with Gasteiger partial charge in [-0.1, -0.05) is 39.5 Å². The molecule has 124 valence electrons. The van der Waals surface area contributed by atoms with Crippen LogP contribution in [0.3, 0.4) is 0 Å². The summed E-state index contributed by atoms with van der Waals surface area (Å²) in [5.41, 5.74) is 1.93. The van der Waals surface area contributed by atoms with Gasteiger partial charge in [0.05, 0.1) is 6.61 Å². The Bertz CT molecular complexity index is 582. The van der Waals surface area contributed by atoms with Crippen molar-refractivity contribution in [1.29, 1.82) is 0 Å². The first kappa shape index (κ1) is 19.2. The molecular weight excluding hydrogens is 311 g/mol. The van der Waals surface area contributed by atoms with Gasteiger partial charge in [-0.15, -0.1) is 0 Å². The third kappa shape index (κ3) is 5.42. The van der Waals surface area contributed by atoms with E-state index in [0.717, 1.165) is 11.1 Å². The SMILES string of the molecule is C=Cc1ccc(OP(C)(C)=O)c(CO[Si](C)(C)C(C)(C)C)c1. The molecule has 0 heterocycles. The quantitative estimate of drug-likeness (QED) is 0.487. The van der Waals surface area contributed by atoms with Gasteiger partial charge in [-0.2, -0.15) is 0 Å². The summed E-state index contributed by atoms with van der Waals surface area (Å²) in [4.78, 5) is 0. The van der Waals surface area contributed by atoms with Crippen molar-refractivity contribution in [2.45, 2.75) is 45.5 Å². The largest absolute Gasteiger partial charge is 0.443 e. The molecule has 0 aliphatic carbocycles. The summed E-state index contributed by atoms with van der Waals surface area (Å²) in [5, 5.41) is 0.148. The van der Waals surface area contributed by atoms with Crippen LogP contribution in [0, 0.1) is 0 Å². The minimum absolute atomic E-state index is 0.148. The molecule has 0 atom stereocenters. The lowest BCUT2D eigenvalue weighted by Crippen LogP contribution is -2.40. The summed E-state index contributed by atoms with van der Waals surface area (Å²) < 4.78 is 23.9. The Morgan fingerprint density at radius 1 is 1.27 bits per heavy atom. The lowest BCUT2D eigenvalue weighted by molar-refractivity contribution is 0.273. The van der Waals surface area contributed by atoms with E-state index in [4.69, 9.17) is 8.95 Å². The summed E-state index contributed by atoms with van der Waals surface area (Å²) in [6.07, 6.45) is 1.79. The molecule has 0 saturated heterocycles. The van der Waals surface area contributed by atoms with Crippen LogP contribution >= 0.6 is 7.37 Å². The van der Waals surface area contributed by atoms with Gasteiger partial charge in [0.25, 0.3) is 0 Å². The van der Waals surface area contributed by atoms with Gasteiger partial charge in [0, 0.05) is 18.9 Å². The highest BCUT2D eigenvalue weighted by Crippen LogP contribution is 2.42. The van der Waals surface area contributed by atoms with Crippen molar-refractivity contribution in [3.05, 3.63) is 35.9 Å². The van der Waals surface area contributed by atoms with Crippen LogP contribution in [0.5, 0.6) is 5.75 Å². The zero-order chi connectivity index (χ0) is 17.2. The average Bonchev–Trinajstić information content (AvgIpc) is 2.34. The Morgan fingerprint density at radius 2 is 1.86 bits per heavy atom. The van der Waals surface area contributed by atoms with Crippen molar-refractivity contribution in [3.63, 3.8) is 0 Å². The predicted molar refractivity (Wildman–Crippen MR) is 98.6 cm³/mol. The number of benzene rings is 1. The molecule has 1 rings (SSSR count). The molecule has 0 bridgehead atoms. The first-order valence-electron chi connectivity index (χ1n) is 7.50. The Kier molecular flexibility index (Phi) is 5.88. The minimum Gasteiger partial charge on any atom is -0.443 e. The highest BCUT2D eigenvalue weighted by atomic mass is 31.2. The number of rotatable bonds is 6. The highest BCUT2D eigenvalue weighted by Gasteiger charge is 2.37. The fourth-order valence-corrected chi connectivity index (χ4v) is 3.24. The van der Waals surface area contributed by atoms with E-state index in [-0.39, 0.29) is 5.04 Å². The van der Waals surface area contributed by atoms with Crippen LogP contribution in [-0.2, 0) is 15.6 Å². The van der Waals surface area contributed by atoms with E-state index in [1.165, 1.54) is 0 Å². The molecule has 5 heteroatoms. The summed E-state index contributed by atoms with van der Waals surface area (Å²) in [5.74, 6) is 0.637. The van der Waals surface area contributed by atoms with E-state index >= 15 is 0 Å². The van der Waals surface area contributed by atoms with Crippen molar-refractivity contribution in [1.82, 2.24) is 0 Å². The van der Waals surface area contributed by atoms with Crippen molar-refractivity contribution in [3.8, 4) is 5.75 Å². The molecule has 0 fully saturated rings. The maximum atomic E-state index is 12.0. The van der Waals surface area contributed by atoms with Gasteiger partial charge in [0.15, 0.2) is 8.32 Å². The topological polar surface area (TPSA) is 35.5 Å². The summed E-state index contributed by atoms with van der Waals surface area (Å²) in [7, 11) is -4.45. The third-order valence-electron chi connectivity index (χ3n) is 4.03. The van der Waals surface area contributed by atoms with E-state index in [2.05, 4.69) is 40.4 Å². The number of hydrogen-bond acceptors (Lipinski definition) is 3. The van der Waals surface area contributed by atoms with Crippen LogP contribution in [0.25, 0.3) is 6.08 Å². The molecular formula is C17H29O3PSi. The van der Waals surface area contributed by atoms with Crippen LogP contribution in [0.1, 0.15) is 31.9 Å². The first-order chi connectivity index (χ1) is 9.86. The molecule has 0 amide bonds. The maximum Gasteiger partial charge on any atom is 0.242 e. The smallest absolute Gasteiger partial charge is 0.242 e. The molecule has 0 aromatic heterocycles. The molecule has 1 aromatic rings. The van der Waals surface area contributed by atoms with Crippen LogP contribution in [0.15, 0.2) is 24.8 Å². The lowest BCUT2D eigenvalue weighted by atomic mass is 10.1. The maximum absolute atomic E-state index is 12.0. The van der Waals surface area contributed by atoms with Gasteiger partial charge in [-0.25, -0.2) is 0 Å². The van der Waals surface area contributed by atoms with Crippen molar-refractivity contribution < 1.29 is 13.5 Å². The lowest BCUT2D eigenvalue weighted by Gasteiger charge is -2.36. The van der Waals surface area contributed by atoms with Crippen LogP contribution < -0.4 is 4.52 Å². The monoisotopic (exact) mass is 340 g/mol. The number of hydrogen-bond donors (Lipinski definition) is 0. The fraction of sp³-hybridized carbons (Fsp3) is 0.529. The van der Waals surface area contributed by atoms with E-state index in [1.807, 2.05) is 18.2 Å². The molecule has 0 radical (unpaired) electrons. The minimum atomic E-state index is -2.61. The van der Waals surface area contributed by atoms with E-state index in [0.29, 0.717) is 12.4 Å². The summed E-state index contributed by atoms with van der Waals surface area (Å²) in [6, 6.07) is 5.75. The molecule has 3 nitrogen and oxygen atoms in total. The van der Waals surface area contributed by atoms with Gasteiger partial charge >= 0.3 is 0 Å². The Balaban J connectivity index is 3.06. The van der Waals surface area contributed by atoms with E-state index in [9.17, 15) is 4.57 Å². The molecule has 0 aliphatic heterocycles. The fourth-order valence-electron chi connectivity index (χ4n) is 1.64. The molecule has 0 spiro atoms. The summed E-state index contributed by atoms with van der Waals surface area (Å²) in [6.45, 7) is 18.6. The molecule has 0 aliphatic rings.